The zero-order valence-electron chi connectivity index (χ0n) is 21.3. The first-order chi connectivity index (χ1) is 17.4. The molecule has 0 atom stereocenters. The molecule has 0 radical (unpaired) electrons. The van der Waals surface area contributed by atoms with Gasteiger partial charge in [-0.2, -0.15) is 5.10 Å². The van der Waals surface area contributed by atoms with Crippen LogP contribution in [0.1, 0.15) is 49.7 Å². The van der Waals surface area contributed by atoms with Crippen LogP contribution in [0.2, 0.25) is 15.1 Å². The molecule has 1 fully saturated rings. The van der Waals surface area contributed by atoms with E-state index in [1.807, 2.05) is 44.7 Å². The fraction of sp³-hybridized carbons (Fsp3) is 0.370. The predicted molar refractivity (Wildman–Crippen MR) is 149 cm³/mol. The van der Waals surface area contributed by atoms with Crippen LogP contribution in [0.4, 0.5) is 4.79 Å². The maximum atomic E-state index is 14.2. The summed E-state index contributed by atoms with van der Waals surface area (Å²) in [4.78, 5) is 29.4. The monoisotopic (exact) mass is 561 g/mol. The summed E-state index contributed by atoms with van der Waals surface area (Å²) in [7, 11) is 0. The highest BCUT2D eigenvalue weighted by Gasteiger charge is 2.38. The molecule has 1 aliphatic heterocycles. The lowest BCUT2D eigenvalue weighted by atomic mass is 9.95. The Morgan fingerprint density at radius 1 is 1.00 bits per heavy atom. The third-order valence-corrected chi connectivity index (χ3v) is 7.45. The van der Waals surface area contributed by atoms with E-state index >= 15 is 0 Å². The van der Waals surface area contributed by atoms with E-state index in [0.717, 1.165) is 16.8 Å². The van der Waals surface area contributed by atoms with E-state index in [1.54, 1.807) is 39.9 Å². The smallest absolute Gasteiger partial charge is 0.314 e. The Morgan fingerprint density at radius 3 is 2.14 bits per heavy atom. The lowest BCUT2D eigenvalue weighted by Gasteiger charge is -2.44. The number of benzene rings is 2. The first-order valence-corrected chi connectivity index (χ1v) is 13.2. The molecule has 37 heavy (non-hydrogen) atoms. The number of carbonyl (C=O) groups is 2. The Balaban J connectivity index is 1.83. The number of nitrogens with two attached hydrogens (primary N) is 1. The number of nitrogens with zero attached hydrogens (tertiary/aromatic N) is 4. The highest BCUT2D eigenvalue weighted by atomic mass is 35.5. The van der Waals surface area contributed by atoms with Gasteiger partial charge in [0, 0.05) is 45.8 Å². The fourth-order valence-corrected chi connectivity index (χ4v) is 5.56. The second kappa shape index (κ2) is 10.6. The predicted octanol–water partition coefficient (Wildman–Crippen LogP) is 6.59. The molecule has 196 valence electrons. The average Bonchev–Trinajstić information content (AvgIpc) is 3.16. The maximum Gasteiger partial charge on any atom is 0.314 e. The van der Waals surface area contributed by atoms with Gasteiger partial charge in [0.05, 0.1) is 16.4 Å². The second-order valence-electron chi connectivity index (χ2n) is 10.2. The number of primary amides is 1. The highest BCUT2D eigenvalue weighted by molar-refractivity contribution is 6.35. The number of aromatic nitrogens is 2. The topological polar surface area (TPSA) is 84.5 Å². The van der Waals surface area contributed by atoms with Crippen molar-refractivity contribution in [2.75, 3.05) is 13.1 Å². The minimum atomic E-state index is -0.481. The molecule has 0 aliphatic carbocycles. The highest BCUT2D eigenvalue weighted by Crippen LogP contribution is 2.35. The molecule has 1 aliphatic rings. The van der Waals surface area contributed by atoms with Gasteiger partial charge in [0.1, 0.15) is 0 Å². The van der Waals surface area contributed by atoms with Crippen LogP contribution in [0.5, 0.6) is 0 Å². The van der Waals surface area contributed by atoms with Gasteiger partial charge >= 0.3 is 6.03 Å². The molecule has 2 aromatic carbocycles. The summed E-state index contributed by atoms with van der Waals surface area (Å²) in [5, 5.41) is 6.34. The minimum Gasteiger partial charge on any atom is -0.351 e. The Labute approximate surface area is 232 Å². The number of amides is 3. The molecule has 3 amide bonds. The number of urea groups is 1. The minimum absolute atomic E-state index is 0.0641. The van der Waals surface area contributed by atoms with Gasteiger partial charge in [0.15, 0.2) is 5.69 Å². The summed E-state index contributed by atoms with van der Waals surface area (Å²) in [6.45, 7) is 8.92. The van der Waals surface area contributed by atoms with E-state index in [1.165, 1.54) is 0 Å². The SMILES string of the molecule is Cc1c(C(=O)N(C2CCN(C(N)=O)CC2)C(C)(C)C)nn(-c2ccc(Cl)cc2Cl)c1-c1ccc(Cl)cc1. The molecule has 0 saturated carbocycles. The number of hydrogen-bond acceptors (Lipinski definition) is 3. The molecule has 0 bridgehead atoms. The fourth-order valence-electron chi connectivity index (χ4n) is 4.95. The standard InChI is InChI=1S/C27H30Cl3N5O2/c1-16-23(25(36)34(27(2,3)4)20-11-13-33(14-12-20)26(31)37)32-35(22-10-9-19(29)15-21(22)30)24(16)17-5-7-18(28)8-6-17/h5-10,15,20H,11-14H2,1-4H3,(H2,31,37). The zero-order valence-corrected chi connectivity index (χ0v) is 23.5. The van der Waals surface area contributed by atoms with Gasteiger partial charge in [0.25, 0.3) is 5.91 Å². The van der Waals surface area contributed by atoms with E-state index in [2.05, 4.69) is 0 Å². The van der Waals surface area contributed by atoms with Gasteiger partial charge in [-0.15, -0.1) is 0 Å². The van der Waals surface area contributed by atoms with Crippen molar-refractivity contribution in [3.63, 3.8) is 0 Å². The number of halogens is 3. The number of hydrogen-bond donors (Lipinski definition) is 1. The van der Waals surface area contributed by atoms with Gasteiger partial charge < -0.3 is 15.5 Å². The first-order valence-electron chi connectivity index (χ1n) is 12.1. The van der Waals surface area contributed by atoms with Gasteiger partial charge in [-0.1, -0.05) is 46.9 Å². The van der Waals surface area contributed by atoms with Crippen LogP contribution in [-0.2, 0) is 0 Å². The molecule has 2 N–H and O–H groups in total. The zero-order chi connectivity index (χ0) is 27.1. The molecule has 2 heterocycles. The largest absolute Gasteiger partial charge is 0.351 e. The van der Waals surface area contributed by atoms with Gasteiger partial charge in [-0.05, 0) is 70.9 Å². The van der Waals surface area contributed by atoms with Crippen molar-refractivity contribution in [1.82, 2.24) is 19.6 Å². The summed E-state index contributed by atoms with van der Waals surface area (Å²) in [6.07, 6.45) is 1.28. The summed E-state index contributed by atoms with van der Waals surface area (Å²) in [6, 6.07) is 12.0. The van der Waals surface area contributed by atoms with E-state index in [4.69, 9.17) is 45.6 Å². The van der Waals surface area contributed by atoms with Crippen LogP contribution in [0, 0.1) is 6.92 Å². The lowest BCUT2D eigenvalue weighted by molar-refractivity contribution is 0.0314. The second-order valence-corrected chi connectivity index (χ2v) is 11.5. The van der Waals surface area contributed by atoms with E-state index in [0.29, 0.717) is 52.4 Å². The van der Waals surface area contributed by atoms with Crippen molar-refractivity contribution in [2.24, 2.45) is 5.73 Å². The van der Waals surface area contributed by atoms with E-state index in [-0.39, 0.29) is 11.9 Å². The van der Waals surface area contributed by atoms with E-state index in [9.17, 15) is 9.59 Å². The molecular weight excluding hydrogens is 533 g/mol. The number of likely N-dealkylation sites (tertiary alicyclic amines) is 1. The lowest BCUT2D eigenvalue weighted by Crippen LogP contribution is -2.56. The Bertz CT molecular complexity index is 1320. The van der Waals surface area contributed by atoms with Crippen molar-refractivity contribution in [3.8, 4) is 16.9 Å². The molecule has 7 nitrogen and oxygen atoms in total. The third-order valence-electron chi connectivity index (χ3n) is 6.66. The quantitative estimate of drug-likeness (QED) is 0.389. The molecule has 3 aromatic rings. The third kappa shape index (κ3) is 5.59. The molecule has 1 aromatic heterocycles. The Hall–Kier alpha value is -2.74. The van der Waals surface area contributed by atoms with Crippen molar-refractivity contribution >= 4 is 46.7 Å². The Kier molecular flexibility index (Phi) is 7.79. The molecule has 0 unspecified atom stereocenters. The summed E-state index contributed by atoms with van der Waals surface area (Å²) >= 11 is 18.9. The van der Waals surface area contributed by atoms with Crippen LogP contribution in [0.25, 0.3) is 16.9 Å². The van der Waals surface area contributed by atoms with Crippen LogP contribution in [0.15, 0.2) is 42.5 Å². The summed E-state index contributed by atoms with van der Waals surface area (Å²) in [5.74, 6) is -0.179. The average molecular weight is 563 g/mol. The number of carbonyl (C=O) groups excluding carboxylic acids is 2. The number of piperidine rings is 1. The summed E-state index contributed by atoms with van der Waals surface area (Å²) in [5.41, 5.74) is 8.24. The molecule has 0 spiro atoms. The van der Waals surface area contributed by atoms with Crippen LogP contribution in [0.3, 0.4) is 0 Å². The van der Waals surface area contributed by atoms with Crippen LogP contribution >= 0.6 is 34.8 Å². The summed E-state index contributed by atoms with van der Waals surface area (Å²) < 4.78 is 1.70. The number of rotatable bonds is 4. The maximum absolute atomic E-state index is 14.2. The molecule has 4 rings (SSSR count). The van der Waals surface area contributed by atoms with Crippen LogP contribution in [-0.4, -0.2) is 56.2 Å². The molecular formula is C27H30Cl3N5O2. The molecule has 1 saturated heterocycles. The van der Waals surface area contributed by atoms with Crippen molar-refractivity contribution in [2.45, 2.75) is 52.1 Å². The van der Waals surface area contributed by atoms with Crippen molar-refractivity contribution in [3.05, 3.63) is 68.8 Å². The van der Waals surface area contributed by atoms with Crippen molar-refractivity contribution < 1.29 is 9.59 Å². The normalized spacial score (nSPS) is 14.6. The van der Waals surface area contributed by atoms with Gasteiger partial charge in [0.2, 0.25) is 0 Å². The van der Waals surface area contributed by atoms with Crippen LogP contribution < -0.4 is 5.73 Å². The van der Waals surface area contributed by atoms with Gasteiger partial charge in [-0.25, -0.2) is 9.48 Å². The van der Waals surface area contributed by atoms with Crippen molar-refractivity contribution in [1.29, 1.82) is 0 Å². The van der Waals surface area contributed by atoms with Gasteiger partial charge in [-0.3, -0.25) is 4.79 Å². The van der Waals surface area contributed by atoms with E-state index < -0.39 is 11.6 Å². The molecule has 10 heteroatoms. The Morgan fingerprint density at radius 2 is 1.59 bits per heavy atom. The first kappa shape index (κ1) is 27.3.